The second-order valence-corrected chi connectivity index (χ2v) is 3.90. The Kier molecular flexibility index (Phi) is 4.03. The number of rotatable bonds is 5. The molecular formula is C15H16N2O2. The Morgan fingerprint density at radius 2 is 1.16 bits per heavy atom. The van der Waals surface area contributed by atoms with E-state index >= 15 is 0 Å². The second-order valence-electron chi connectivity index (χ2n) is 3.90. The molecule has 0 atom stereocenters. The van der Waals surface area contributed by atoms with Crippen LogP contribution in [0.2, 0.25) is 0 Å². The van der Waals surface area contributed by atoms with Crippen molar-refractivity contribution in [1.82, 2.24) is 0 Å². The first-order valence-electron chi connectivity index (χ1n) is 5.86. The van der Waals surface area contributed by atoms with Crippen LogP contribution in [0.3, 0.4) is 0 Å². The van der Waals surface area contributed by atoms with Crippen molar-refractivity contribution in [3.63, 3.8) is 0 Å². The molecule has 2 aromatic carbocycles. The molecule has 0 aromatic heterocycles. The van der Waals surface area contributed by atoms with Crippen molar-refractivity contribution in [2.75, 3.05) is 19.1 Å². The molecule has 0 bridgehead atoms. The summed E-state index contributed by atoms with van der Waals surface area (Å²) in [4.78, 5) is 1.78. The fraction of sp³-hybridized carbons (Fsp3) is 0.133. The van der Waals surface area contributed by atoms with Crippen molar-refractivity contribution in [2.24, 2.45) is 0 Å². The SMILES string of the molecule is COc1ccc(N(C=N)c2ccc(OC)cc2)cc1. The summed E-state index contributed by atoms with van der Waals surface area (Å²) in [6.07, 6.45) is 1.28. The maximum Gasteiger partial charge on any atom is 0.119 e. The van der Waals surface area contributed by atoms with Crippen LogP contribution >= 0.6 is 0 Å². The molecule has 4 heteroatoms. The molecule has 2 aromatic rings. The lowest BCUT2D eigenvalue weighted by atomic mass is 10.2. The molecule has 0 saturated carbocycles. The predicted octanol–water partition coefficient (Wildman–Crippen LogP) is 3.45. The Morgan fingerprint density at radius 1 is 0.789 bits per heavy atom. The van der Waals surface area contributed by atoms with Crippen LogP contribution in [0.1, 0.15) is 0 Å². The van der Waals surface area contributed by atoms with Gasteiger partial charge in [0.1, 0.15) is 11.5 Å². The van der Waals surface area contributed by atoms with Crippen molar-refractivity contribution in [3.05, 3.63) is 48.5 Å². The van der Waals surface area contributed by atoms with E-state index in [4.69, 9.17) is 14.9 Å². The van der Waals surface area contributed by atoms with Gasteiger partial charge in [-0.2, -0.15) is 0 Å². The van der Waals surface area contributed by atoms with Crippen LogP contribution in [0, 0.1) is 5.41 Å². The van der Waals surface area contributed by atoms with Crippen LogP contribution in [0.15, 0.2) is 48.5 Å². The molecule has 0 aliphatic rings. The lowest BCUT2D eigenvalue weighted by Gasteiger charge is -2.19. The lowest BCUT2D eigenvalue weighted by molar-refractivity contribution is 0.415. The van der Waals surface area contributed by atoms with Gasteiger partial charge in [0, 0.05) is 11.4 Å². The van der Waals surface area contributed by atoms with Crippen LogP contribution in [-0.4, -0.2) is 20.6 Å². The van der Waals surface area contributed by atoms with Crippen molar-refractivity contribution in [1.29, 1.82) is 5.41 Å². The summed E-state index contributed by atoms with van der Waals surface area (Å²) in [5.74, 6) is 1.59. The number of nitrogens with one attached hydrogen (secondary N) is 1. The highest BCUT2D eigenvalue weighted by molar-refractivity contribution is 5.87. The molecule has 98 valence electrons. The highest BCUT2D eigenvalue weighted by Crippen LogP contribution is 2.27. The number of anilines is 2. The van der Waals surface area contributed by atoms with Gasteiger partial charge >= 0.3 is 0 Å². The normalized spacial score (nSPS) is 9.79. The predicted molar refractivity (Wildman–Crippen MR) is 76.9 cm³/mol. The fourth-order valence-corrected chi connectivity index (χ4v) is 1.78. The lowest BCUT2D eigenvalue weighted by Crippen LogP contribution is -2.13. The van der Waals surface area contributed by atoms with Gasteiger partial charge in [0.15, 0.2) is 0 Å². The Labute approximate surface area is 112 Å². The van der Waals surface area contributed by atoms with Crippen molar-refractivity contribution in [2.45, 2.75) is 0 Å². The number of methoxy groups -OCH3 is 2. The molecule has 2 rings (SSSR count). The van der Waals surface area contributed by atoms with Gasteiger partial charge in [0.2, 0.25) is 0 Å². The smallest absolute Gasteiger partial charge is 0.119 e. The highest BCUT2D eigenvalue weighted by atomic mass is 16.5. The largest absolute Gasteiger partial charge is 0.497 e. The van der Waals surface area contributed by atoms with Gasteiger partial charge in [-0.1, -0.05) is 0 Å². The van der Waals surface area contributed by atoms with Crippen molar-refractivity contribution >= 4 is 17.7 Å². The Morgan fingerprint density at radius 3 is 1.42 bits per heavy atom. The molecule has 0 saturated heterocycles. The molecule has 0 radical (unpaired) electrons. The monoisotopic (exact) mass is 256 g/mol. The highest BCUT2D eigenvalue weighted by Gasteiger charge is 2.06. The molecule has 0 heterocycles. The maximum absolute atomic E-state index is 7.57. The summed E-state index contributed by atoms with van der Waals surface area (Å²) in [6, 6.07) is 15.1. The van der Waals surface area contributed by atoms with Crippen LogP contribution in [0.5, 0.6) is 11.5 Å². The molecular weight excluding hydrogens is 240 g/mol. The van der Waals surface area contributed by atoms with Crippen LogP contribution < -0.4 is 14.4 Å². The third-order valence-electron chi connectivity index (χ3n) is 2.83. The first-order chi connectivity index (χ1) is 9.28. The summed E-state index contributed by atoms with van der Waals surface area (Å²) in [5, 5.41) is 7.57. The van der Waals surface area contributed by atoms with E-state index in [9.17, 15) is 0 Å². The standard InChI is InChI=1S/C15H16N2O2/c1-18-14-7-3-12(4-8-14)17(11-16)13-5-9-15(19-2)10-6-13/h3-11,16H,1-2H3. The Hall–Kier alpha value is -2.49. The number of hydrogen-bond acceptors (Lipinski definition) is 3. The van der Waals surface area contributed by atoms with Crippen LogP contribution in [0.4, 0.5) is 11.4 Å². The average Bonchev–Trinajstić information content (AvgIpc) is 2.49. The molecule has 0 fully saturated rings. The number of benzene rings is 2. The van der Waals surface area contributed by atoms with Gasteiger partial charge in [-0.15, -0.1) is 0 Å². The minimum Gasteiger partial charge on any atom is -0.497 e. The number of ether oxygens (including phenoxy) is 2. The molecule has 0 unspecified atom stereocenters. The summed E-state index contributed by atoms with van der Waals surface area (Å²) in [5.41, 5.74) is 1.81. The maximum atomic E-state index is 7.57. The van der Waals surface area contributed by atoms with Crippen LogP contribution in [-0.2, 0) is 0 Å². The average molecular weight is 256 g/mol. The van der Waals surface area contributed by atoms with Gasteiger partial charge in [-0.05, 0) is 48.5 Å². The van der Waals surface area contributed by atoms with Gasteiger partial charge in [0.05, 0.1) is 20.6 Å². The number of nitrogens with zero attached hydrogens (tertiary/aromatic N) is 1. The molecule has 0 aliphatic carbocycles. The Balaban J connectivity index is 2.29. The topological polar surface area (TPSA) is 45.5 Å². The third-order valence-corrected chi connectivity index (χ3v) is 2.83. The Bertz CT molecular complexity index is 488. The van der Waals surface area contributed by atoms with Crippen molar-refractivity contribution in [3.8, 4) is 11.5 Å². The summed E-state index contributed by atoms with van der Waals surface area (Å²) in [7, 11) is 3.26. The van der Waals surface area contributed by atoms with E-state index in [-0.39, 0.29) is 0 Å². The fourth-order valence-electron chi connectivity index (χ4n) is 1.78. The van der Waals surface area contributed by atoms with Gasteiger partial charge < -0.3 is 14.4 Å². The molecule has 4 nitrogen and oxygen atoms in total. The summed E-state index contributed by atoms with van der Waals surface area (Å²) >= 11 is 0. The number of hydrogen-bond donors (Lipinski definition) is 1. The van der Waals surface area contributed by atoms with E-state index < -0.39 is 0 Å². The molecule has 19 heavy (non-hydrogen) atoms. The zero-order valence-electron chi connectivity index (χ0n) is 11.0. The van der Waals surface area contributed by atoms with E-state index in [0.717, 1.165) is 22.9 Å². The molecule has 0 spiro atoms. The molecule has 1 N–H and O–H groups in total. The minimum absolute atomic E-state index is 0.795. The van der Waals surface area contributed by atoms with E-state index in [2.05, 4.69) is 0 Å². The second kappa shape index (κ2) is 5.91. The zero-order chi connectivity index (χ0) is 13.7. The summed E-state index contributed by atoms with van der Waals surface area (Å²) in [6.45, 7) is 0. The van der Waals surface area contributed by atoms with E-state index in [1.54, 1.807) is 19.1 Å². The quantitative estimate of drug-likeness (QED) is 0.658. The molecule has 0 aliphatic heterocycles. The minimum atomic E-state index is 0.795. The van der Waals surface area contributed by atoms with E-state index in [1.165, 1.54) is 6.34 Å². The first kappa shape index (κ1) is 13.0. The van der Waals surface area contributed by atoms with Gasteiger partial charge in [-0.3, -0.25) is 5.41 Å². The van der Waals surface area contributed by atoms with E-state index in [0.29, 0.717) is 0 Å². The summed E-state index contributed by atoms with van der Waals surface area (Å²) < 4.78 is 10.3. The van der Waals surface area contributed by atoms with Crippen LogP contribution in [0.25, 0.3) is 0 Å². The van der Waals surface area contributed by atoms with Crippen molar-refractivity contribution < 1.29 is 9.47 Å². The zero-order valence-corrected chi connectivity index (χ0v) is 11.0. The molecule has 0 amide bonds. The van der Waals surface area contributed by atoms with Gasteiger partial charge in [-0.25, -0.2) is 0 Å². The van der Waals surface area contributed by atoms with E-state index in [1.807, 2.05) is 48.5 Å². The first-order valence-corrected chi connectivity index (χ1v) is 5.86. The van der Waals surface area contributed by atoms with Gasteiger partial charge in [0.25, 0.3) is 0 Å². The third kappa shape index (κ3) is 2.85.